The van der Waals surface area contributed by atoms with Gasteiger partial charge in [0.25, 0.3) is 16.5 Å². The van der Waals surface area contributed by atoms with Gasteiger partial charge in [-0.05, 0) is 30.7 Å². The van der Waals surface area contributed by atoms with Crippen LogP contribution >= 0.6 is 0 Å². The molecule has 1 fully saturated rings. The maximum Gasteiger partial charge on any atom is 0.290 e. The highest BCUT2D eigenvalue weighted by molar-refractivity contribution is 7.90. The average molecular weight is 402 g/mol. The molecule has 0 amide bonds. The van der Waals surface area contributed by atoms with E-state index in [0.717, 1.165) is 42.9 Å². The lowest BCUT2D eigenvalue weighted by Gasteiger charge is -2.28. The molecular formula is C19H22N4O4S. The monoisotopic (exact) mass is 402 g/mol. The molecule has 4 rings (SSSR count). The third kappa shape index (κ3) is 3.71. The molecule has 1 aliphatic heterocycles. The number of fused-ring (bicyclic) bond motifs is 1. The molecule has 3 heterocycles. The van der Waals surface area contributed by atoms with E-state index in [1.807, 2.05) is 25.1 Å². The molecule has 0 spiro atoms. The first kappa shape index (κ1) is 19.8. The Balaban J connectivity index is 0.000000706. The summed E-state index contributed by atoms with van der Waals surface area (Å²) in [6, 6.07) is 10.6. The van der Waals surface area contributed by atoms with E-state index < -0.39 is 10.0 Å². The van der Waals surface area contributed by atoms with Crippen LogP contribution in [0, 0.1) is 6.92 Å². The van der Waals surface area contributed by atoms with Crippen molar-refractivity contribution >= 4 is 33.2 Å². The number of pyridine rings is 1. The molecule has 0 bridgehead atoms. The topological polar surface area (TPSA) is 105 Å². The quantitative estimate of drug-likeness (QED) is 0.643. The van der Waals surface area contributed by atoms with Gasteiger partial charge in [0.05, 0.1) is 16.1 Å². The van der Waals surface area contributed by atoms with Crippen molar-refractivity contribution in [2.75, 3.05) is 31.1 Å². The first-order chi connectivity index (χ1) is 13.5. The van der Waals surface area contributed by atoms with Gasteiger partial charge >= 0.3 is 0 Å². The lowest BCUT2D eigenvalue weighted by molar-refractivity contribution is -0.122. The number of nitrogens with zero attached hydrogens (tertiary/aromatic N) is 3. The Labute approximate surface area is 163 Å². The van der Waals surface area contributed by atoms with Crippen molar-refractivity contribution in [3.8, 4) is 0 Å². The van der Waals surface area contributed by atoms with Gasteiger partial charge in [0, 0.05) is 38.6 Å². The molecule has 8 nitrogen and oxygen atoms in total. The summed E-state index contributed by atoms with van der Waals surface area (Å²) in [4.78, 5) is 15.3. The second-order valence-electron chi connectivity index (χ2n) is 6.29. The molecule has 3 aromatic rings. The minimum Gasteiger partial charge on any atom is -0.483 e. The fourth-order valence-corrected chi connectivity index (χ4v) is 4.88. The zero-order valence-electron chi connectivity index (χ0n) is 15.4. The molecule has 0 radical (unpaired) electrons. The molecular weight excluding hydrogens is 380 g/mol. The number of anilines is 1. The number of carboxylic acid groups (broad SMARTS) is 1. The van der Waals surface area contributed by atoms with Gasteiger partial charge in [0.15, 0.2) is 0 Å². The summed E-state index contributed by atoms with van der Waals surface area (Å²) in [7, 11) is -3.68. The fraction of sp³-hybridized carbons (Fsp3) is 0.263. The minimum absolute atomic E-state index is 0.250. The zero-order chi connectivity index (χ0) is 20.1. The molecule has 1 aromatic carbocycles. The van der Waals surface area contributed by atoms with Gasteiger partial charge in [-0.1, -0.05) is 18.2 Å². The third-order valence-electron chi connectivity index (χ3n) is 4.59. The summed E-state index contributed by atoms with van der Waals surface area (Å²) in [6.45, 7) is 4.99. The fourth-order valence-electron chi connectivity index (χ4n) is 3.30. The van der Waals surface area contributed by atoms with Gasteiger partial charge in [-0.25, -0.2) is 12.4 Å². The Hall–Kier alpha value is -2.91. The Kier molecular flexibility index (Phi) is 5.96. The highest BCUT2D eigenvalue weighted by Gasteiger charge is 2.25. The normalized spacial score (nSPS) is 14.4. The van der Waals surface area contributed by atoms with E-state index in [1.165, 1.54) is 3.97 Å². The highest BCUT2D eigenvalue weighted by Crippen LogP contribution is 2.31. The molecule has 28 heavy (non-hydrogen) atoms. The Bertz CT molecular complexity index is 1070. The van der Waals surface area contributed by atoms with Gasteiger partial charge in [-0.2, -0.15) is 0 Å². The lowest BCUT2D eigenvalue weighted by Crippen LogP contribution is -2.43. The van der Waals surface area contributed by atoms with E-state index in [-0.39, 0.29) is 6.47 Å². The Morgan fingerprint density at radius 3 is 2.50 bits per heavy atom. The van der Waals surface area contributed by atoms with Crippen LogP contribution in [0.5, 0.6) is 0 Å². The number of carbonyl (C=O) groups is 1. The van der Waals surface area contributed by atoms with E-state index in [4.69, 9.17) is 9.90 Å². The van der Waals surface area contributed by atoms with Crippen molar-refractivity contribution in [2.24, 2.45) is 0 Å². The van der Waals surface area contributed by atoms with E-state index in [2.05, 4.69) is 15.2 Å². The van der Waals surface area contributed by atoms with Gasteiger partial charge in [-0.15, -0.1) is 0 Å². The Morgan fingerprint density at radius 1 is 1.14 bits per heavy atom. The summed E-state index contributed by atoms with van der Waals surface area (Å²) in [5, 5.41) is 10.2. The lowest BCUT2D eigenvalue weighted by atomic mass is 10.2. The number of hydrogen-bond acceptors (Lipinski definition) is 6. The summed E-state index contributed by atoms with van der Waals surface area (Å²) in [5.74, 6) is 0. The standard InChI is InChI=1S/C18H20N4O2S.CH2O2/c1-14-5-2-3-7-17(14)25(23,24)22-13-16(21-11-9-19-10-12-21)18-15(22)6-4-8-20-18;2-1-3/h2-8,13,19H,9-12H2,1H3;1H,(H,2,3). The van der Waals surface area contributed by atoms with Crippen LogP contribution in [-0.2, 0) is 14.8 Å². The van der Waals surface area contributed by atoms with Crippen molar-refractivity contribution in [1.29, 1.82) is 0 Å². The molecule has 0 unspecified atom stereocenters. The summed E-state index contributed by atoms with van der Waals surface area (Å²) < 4.78 is 27.9. The molecule has 1 aliphatic rings. The maximum absolute atomic E-state index is 13.3. The van der Waals surface area contributed by atoms with Crippen molar-refractivity contribution in [3.05, 3.63) is 54.4 Å². The van der Waals surface area contributed by atoms with Crippen LogP contribution in [0.1, 0.15) is 5.56 Å². The number of aromatic nitrogens is 2. The van der Waals surface area contributed by atoms with Gasteiger partial charge < -0.3 is 15.3 Å². The first-order valence-corrected chi connectivity index (χ1v) is 10.3. The molecule has 0 aliphatic carbocycles. The predicted molar refractivity (Wildman–Crippen MR) is 107 cm³/mol. The van der Waals surface area contributed by atoms with Crippen LogP contribution < -0.4 is 10.2 Å². The highest BCUT2D eigenvalue weighted by atomic mass is 32.2. The van der Waals surface area contributed by atoms with Gasteiger partial charge in [0.1, 0.15) is 5.52 Å². The average Bonchev–Trinajstić information content (AvgIpc) is 3.10. The van der Waals surface area contributed by atoms with Crippen molar-refractivity contribution < 1.29 is 18.3 Å². The van der Waals surface area contributed by atoms with Gasteiger partial charge in [-0.3, -0.25) is 9.78 Å². The molecule has 148 valence electrons. The summed E-state index contributed by atoms with van der Waals surface area (Å²) in [6.07, 6.45) is 3.42. The number of rotatable bonds is 3. The number of hydrogen-bond donors (Lipinski definition) is 2. The minimum atomic E-state index is -3.68. The van der Waals surface area contributed by atoms with E-state index in [0.29, 0.717) is 10.4 Å². The maximum atomic E-state index is 13.3. The molecule has 1 saturated heterocycles. The van der Waals surface area contributed by atoms with Crippen LogP contribution in [0.25, 0.3) is 11.0 Å². The van der Waals surface area contributed by atoms with Crippen LogP contribution in [0.3, 0.4) is 0 Å². The van der Waals surface area contributed by atoms with Crippen LogP contribution in [-0.4, -0.2) is 55.1 Å². The van der Waals surface area contributed by atoms with E-state index >= 15 is 0 Å². The molecule has 2 aromatic heterocycles. The van der Waals surface area contributed by atoms with Crippen molar-refractivity contribution in [3.63, 3.8) is 0 Å². The molecule has 0 saturated carbocycles. The third-order valence-corrected chi connectivity index (χ3v) is 6.43. The molecule has 9 heteroatoms. The second kappa shape index (κ2) is 8.41. The van der Waals surface area contributed by atoms with E-state index in [9.17, 15) is 8.42 Å². The van der Waals surface area contributed by atoms with Crippen molar-refractivity contribution in [1.82, 2.24) is 14.3 Å². The largest absolute Gasteiger partial charge is 0.483 e. The van der Waals surface area contributed by atoms with Crippen LogP contribution in [0.4, 0.5) is 5.69 Å². The molecule has 0 atom stereocenters. The summed E-state index contributed by atoms with van der Waals surface area (Å²) in [5.41, 5.74) is 2.94. The van der Waals surface area contributed by atoms with Crippen LogP contribution in [0.15, 0.2) is 53.7 Å². The Morgan fingerprint density at radius 2 is 1.82 bits per heavy atom. The smallest absolute Gasteiger partial charge is 0.290 e. The van der Waals surface area contributed by atoms with E-state index in [1.54, 1.807) is 30.6 Å². The predicted octanol–water partition coefficient (Wildman–Crippen LogP) is 1.69. The second-order valence-corrected chi connectivity index (χ2v) is 8.08. The number of benzene rings is 1. The number of aryl methyl sites for hydroxylation is 1. The molecule has 2 N–H and O–H groups in total. The number of piperazine rings is 1. The zero-order valence-corrected chi connectivity index (χ0v) is 16.3. The SMILES string of the molecule is Cc1ccccc1S(=O)(=O)n1cc(N2CCNCC2)c2ncccc21.O=CO. The first-order valence-electron chi connectivity index (χ1n) is 8.81. The van der Waals surface area contributed by atoms with Crippen molar-refractivity contribution in [2.45, 2.75) is 11.8 Å². The summed E-state index contributed by atoms with van der Waals surface area (Å²) >= 11 is 0. The number of nitrogens with one attached hydrogen (secondary N) is 1. The van der Waals surface area contributed by atoms with Crippen LogP contribution in [0.2, 0.25) is 0 Å². The van der Waals surface area contributed by atoms with Gasteiger partial charge in [0.2, 0.25) is 0 Å².